The lowest BCUT2D eigenvalue weighted by molar-refractivity contribution is -0.123. The van der Waals surface area contributed by atoms with Crippen LogP contribution in [0.4, 0.5) is 0 Å². The number of sulfonamides is 1. The van der Waals surface area contributed by atoms with Crippen molar-refractivity contribution in [2.75, 3.05) is 7.11 Å². The van der Waals surface area contributed by atoms with Crippen LogP contribution in [0, 0.1) is 0 Å². The molecule has 0 aromatic heterocycles. The zero-order chi connectivity index (χ0) is 24.0. The summed E-state index contributed by atoms with van der Waals surface area (Å²) in [6.45, 7) is 1.85. The summed E-state index contributed by atoms with van der Waals surface area (Å²) in [4.78, 5) is 13.1. The van der Waals surface area contributed by atoms with Crippen molar-refractivity contribution in [3.05, 3.63) is 93.4 Å². The second-order valence-electron chi connectivity index (χ2n) is 7.44. The Morgan fingerprint density at radius 3 is 2.33 bits per heavy atom. The molecule has 3 aromatic carbocycles. The van der Waals surface area contributed by atoms with Gasteiger partial charge in [-0.2, -0.15) is 4.72 Å². The van der Waals surface area contributed by atoms with Gasteiger partial charge in [0, 0.05) is 4.47 Å². The highest BCUT2D eigenvalue weighted by atomic mass is 79.9. The van der Waals surface area contributed by atoms with E-state index in [0.717, 1.165) is 15.6 Å². The van der Waals surface area contributed by atoms with Crippen LogP contribution < -0.4 is 14.8 Å². The van der Waals surface area contributed by atoms with E-state index in [4.69, 9.17) is 16.3 Å². The molecule has 0 heterocycles. The molecular weight excluding hydrogens is 528 g/mol. The first-order valence-electron chi connectivity index (χ1n) is 10.1. The lowest BCUT2D eigenvalue weighted by Gasteiger charge is -2.22. The first-order valence-corrected chi connectivity index (χ1v) is 12.8. The normalized spacial score (nSPS) is 13.2. The van der Waals surface area contributed by atoms with Crippen molar-refractivity contribution >= 4 is 43.5 Å². The molecule has 0 bridgehead atoms. The van der Waals surface area contributed by atoms with Gasteiger partial charge in [0.05, 0.1) is 23.1 Å². The van der Waals surface area contributed by atoms with Gasteiger partial charge in [0.1, 0.15) is 11.8 Å². The highest BCUT2D eigenvalue weighted by molar-refractivity contribution is 9.10. The third-order valence-electron chi connectivity index (χ3n) is 5.06. The number of carbonyl (C=O) groups excluding carboxylic acids is 1. The fourth-order valence-electron chi connectivity index (χ4n) is 3.26. The van der Waals surface area contributed by atoms with Crippen molar-refractivity contribution < 1.29 is 17.9 Å². The van der Waals surface area contributed by atoms with Crippen molar-refractivity contribution in [3.63, 3.8) is 0 Å². The van der Waals surface area contributed by atoms with Gasteiger partial charge in [0.15, 0.2) is 0 Å². The molecule has 0 aliphatic carbocycles. The number of nitrogens with one attached hydrogen (secondary N) is 2. The predicted octanol–water partition coefficient (Wildman–Crippen LogP) is 4.88. The summed E-state index contributed by atoms with van der Waals surface area (Å²) in [6, 6.07) is 19.6. The Morgan fingerprint density at radius 2 is 1.73 bits per heavy atom. The fraction of sp³-hybridized carbons (Fsp3) is 0.208. The number of methoxy groups -OCH3 is 1. The third-order valence-corrected chi connectivity index (χ3v) is 7.35. The summed E-state index contributed by atoms with van der Waals surface area (Å²) < 4.78 is 34.7. The minimum atomic E-state index is -4.04. The van der Waals surface area contributed by atoms with Gasteiger partial charge in [-0.1, -0.05) is 70.0 Å². The maximum Gasteiger partial charge on any atom is 0.241 e. The standard InChI is InChI=1S/C24H24BrClN2O4S/c1-16(18-8-10-19(25)11-9-18)27-24(29)22(14-17-6-4-3-5-7-17)28-33(30,31)20-12-13-23(32-2)21(26)15-20/h3-13,15-16,22,28H,14H2,1-2H3,(H,27,29)/t16-,22+/m1/s1. The molecule has 0 saturated carbocycles. The van der Waals surface area contributed by atoms with Crippen LogP contribution in [0.2, 0.25) is 5.02 Å². The van der Waals surface area contributed by atoms with Gasteiger partial charge >= 0.3 is 0 Å². The van der Waals surface area contributed by atoms with Gasteiger partial charge in [-0.25, -0.2) is 8.42 Å². The minimum Gasteiger partial charge on any atom is -0.495 e. The minimum absolute atomic E-state index is 0.0554. The molecule has 33 heavy (non-hydrogen) atoms. The lowest BCUT2D eigenvalue weighted by Crippen LogP contribution is -2.48. The molecule has 0 aliphatic rings. The smallest absolute Gasteiger partial charge is 0.241 e. The number of halogens is 2. The molecule has 0 aliphatic heterocycles. The number of hydrogen-bond donors (Lipinski definition) is 2. The van der Waals surface area contributed by atoms with Crippen molar-refractivity contribution in [3.8, 4) is 5.75 Å². The van der Waals surface area contributed by atoms with E-state index in [1.54, 1.807) is 0 Å². The average molecular weight is 552 g/mol. The summed E-state index contributed by atoms with van der Waals surface area (Å²) in [5, 5.41) is 3.07. The number of carbonyl (C=O) groups is 1. The third kappa shape index (κ3) is 6.80. The molecule has 2 atom stereocenters. The molecule has 0 fully saturated rings. The molecule has 0 saturated heterocycles. The van der Waals surface area contributed by atoms with E-state index >= 15 is 0 Å². The highest BCUT2D eigenvalue weighted by Crippen LogP contribution is 2.27. The zero-order valence-corrected chi connectivity index (χ0v) is 21.2. The summed E-state index contributed by atoms with van der Waals surface area (Å²) >= 11 is 9.51. The highest BCUT2D eigenvalue weighted by Gasteiger charge is 2.27. The SMILES string of the molecule is COc1ccc(S(=O)(=O)N[C@@H](Cc2ccccc2)C(=O)N[C@H](C)c2ccc(Br)cc2)cc1Cl. The van der Waals surface area contributed by atoms with E-state index in [1.807, 2.05) is 61.5 Å². The van der Waals surface area contributed by atoms with E-state index in [9.17, 15) is 13.2 Å². The van der Waals surface area contributed by atoms with E-state index in [1.165, 1.54) is 25.3 Å². The van der Waals surface area contributed by atoms with Crippen molar-refractivity contribution in [1.82, 2.24) is 10.0 Å². The Balaban J connectivity index is 1.84. The van der Waals surface area contributed by atoms with Crippen LogP contribution in [0.15, 0.2) is 82.2 Å². The molecule has 3 rings (SSSR count). The molecular formula is C24H24BrClN2O4S. The van der Waals surface area contributed by atoms with Crippen LogP contribution >= 0.6 is 27.5 Å². The maximum absolute atomic E-state index is 13.2. The molecule has 9 heteroatoms. The first-order chi connectivity index (χ1) is 15.7. The topological polar surface area (TPSA) is 84.5 Å². The van der Waals surface area contributed by atoms with Gasteiger partial charge < -0.3 is 10.1 Å². The second-order valence-corrected chi connectivity index (χ2v) is 10.5. The van der Waals surface area contributed by atoms with Gasteiger partial charge in [0.25, 0.3) is 0 Å². The Morgan fingerprint density at radius 1 is 1.06 bits per heavy atom. The molecule has 0 radical (unpaired) electrons. The van der Waals surface area contributed by atoms with Gasteiger partial charge in [0.2, 0.25) is 15.9 Å². The van der Waals surface area contributed by atoms with E-state index in [-0.39, 0.29) is 22.4 Å². The maximum atomic E-state index is 13.2. The van der Waals surface area contributed by atoms with Crippen LogP contribution in [0.25, 0.3) is 0 Å². The number of hydrogen-bond acceptors (Lipinski definition) is 4. The summed E-state index contributed by atoms with van der Waals surface area (Å²) in [7, 11) is -2.59. The molecule has 0 unspecified atom stereocenters. The van der Waals surface area contributed by atoms with E-state index < -0.39 is 22.0 Å². The Bertz CT molecular complexity index is 1200. The summed E-state index contributed by atoms with van der Waals surface area (Å²) in [6.07, 6.45) is 0.183. The van der Waals surface area contributed by atoms with Crippen LogP contribution in [0.3, 0.4) is 0 Å². The van der Waals surface area contributed by atoms with E-state index in [2.05, 4.69) is 26.0 Å². The van der Waals surface area contributed by atoms with Crippen molar-refractivity contribution in [2.24, 2.45) is 0 Å². The van der Waals surface area contributed by atoms with Crippen LogP contribution in [0.1, 0.15) is 24.1 Å². The van der Waals surface area contributed by atoms with Crippen LogP contribution in [-0.2, 0) is 21.2 Å². The molecule has 174 valence electrons. The van der Waals surface area contributed by atoms with E-state index in [0.29, 0.717) is 5.75 Å². The number of rotatable bonds is 9. The quantitative estimate of drug-likeness (QED) is 0.397. The van der Waals surface area contributed by atoms with Crippen LogP contribution in [0.5, 0.6) is 5.75 Å². The summed E-state index contributed by atoms with van der Waals surface area (Å²) in [5.74, 6) is -0.0741. The van der Waals surface area contributed by atoms with Gasteiger partial charge in [-0.05, 0) is 54.8 Å². The Kier molecular flexibility index (Phi) is 8.53. The molecule has 0 spiro atoms. The summed E-state index contributed by atoms with van der Waals surface area (Å²) in [5.41, 5.74) is 1.72. The number of benzene rings is 3. The molecule has 2 N–H and O–H groups in total. The van der Waals surface area contributed by atoms with Gasteiger partial charge in [-0.3, -0.25) is 4.79 Å². The lowest BCUT2D eigenvalue weighted by atomic mass is 10.0. The second kappa shape index (κ2) is 11.2. The zero-order valence-electron chi connectivity index (χ0n) is 18.1. The molecule has 1 amide bonds. The predicted molar refractivity (Wildman–Crippen MR) is 133 cm³/mol. The van der Waals surface area contributed by atoms with Crippen molar-refractivity contribution in [1.29, 1.82) is 0 Å². The van der Waals surface area contributed by atoms with Gasteiger partial charge in [-0.15, -0.1) is 0 Å². The Hall–Kier alpha value is -2.39. The largest absolute Gasteiger partial charge is 0.495 e. The monoisotopic (exact) mass is 550 g/mol. The number of amides is 1. The first kappa shape index (κ1) is 25.2. The molecule has 6 nitrogen and oxygen atoms in total. The van der Waals surface area contributed by atoms with Crippen LogP contribution in [-0.4, -0.2) is 27.5 Å². The fourth-order valence-corrected chi connectivity index (χ4v) is 5.06. The average Bonchev–Trinajstić information content (AvgIpc) is 2.79. The number of ether oxygens (including phenoxy) is 1. The van der Waals surface area contributed by atoms with Crippen molar-refractivity contribution in [2.45, 2.75) is 30.3 Å². The Labute approximate surface area is 207 Å². The molecule has 3 aromatic rings.